The Bertz CT molecular complexity index is 1570. The average Bonchev–Trinajstić information content (AvgIpc) is 2.90. The van der Waals surface area contributed by atoms with Gasteiger partial charge >= 0.3 is 6.36 Å². The van der Waals surface area contributed by atoms with Gasteiger partial charge < -0.3 is 18.9 Å². The summed E-state index contributed by atoms with van der Waals surface area (Å²) in [5.74, 6) is -8.36. The third-order valence-corrected chi connectivity index (χ3v) is 6.36. The van der Waals surface area contributed by atoms with Crippen LogP contribution in [0.2, 0.25) is 0 Å². The first kappa shape index (κ1) is 28.6. The topological polar surface area (TPSA) is 36.9 Å². The van der Waals surface area contributed by atoms with Gasteiger partial charge in [0.1, 0.15) is 5.82 Å². The monoisotopic (exact) mass is 584 g/mol. The second-order valence-corrected chi connectivity index (χ2v) is 9.46. The zero-order valence-corrected chi connectivity index (χ0v) is 21.1. The van der Waals surface area contributed by atoms with E-state index in [0.29, 0.717) is 17.2 Å². The maximum atomic E-state index is 14.7. The summed E-state index contributed by atoms with van der Waals surface area (Å²) in [5, 5.41) is -0.360. The van der Waals surface area contributed by atoms with Gasteiger partial charge in [0.2, 0.25) is 5.75 Å². The van der Waals surface area contributed by atoms with Crippen LogP contribution >= 0.6 is 0 Å². The molecule has 0 saturated carbocycles. The van der Waals surface area contributed by atoms with Gasteiger partial charge in [-0.05, 0) is 53.8 Å². The summed E-state index contributed by atoms with van der Waals surface area (Å²) in [7, 11) is 0. The first-order valence-corrected chi connectivity index (χ1v) is 12.2. The van der Waals surface area contributed by atoms with Gasteiger partial charge in [0.15, 0.2) is 35.3 Å². The lowest BCUT2D eigenvalue weighted by molar-refractivity contribution is -0.276. The van der Waals surface area contributed by atoms with Gasteiger partial charge in [-0.15, -0.1) is 13.2 Å². The van der Waals surface area contributed by atoms with Crippen molar-refractivity contribution >= 4 is 10.8 Å². The molecule has 5 rings (SSSR count). The zero-order valence-electron chi connectivity index (χ0n) is 21.1. The van der Waals surface area contributed by atoms with Crippen LogP contribution in [0.4, 0.5) is 35.1 Å². The van der Waals surface area contributed by atoms with E-state index in [0.717, 1.165) is 18.2 Å². The smallest absolute Gasteiger partial charge is 0.487 e. The molecule has 1 heterocycles. The Morgan fingerprint density at radius 2 is 1.44 bits per heavy atom. The van der Waals surface area contributed by atoms with E-state index < -0.39 is 59.2 Å². The third kappa shape index (κ3) is 6.23. The summed E-state index contributed by atoms with van der Waals surface area (Å²) in [6.07, 6.45) is -6.26. The molecule has 1 saturated heterocycles. The fraction of sp³-hybridized carbons (Fsp3) is 0.241. The summed E-state index contributed by atoms with van der Waals surface area (Å²) in [6, 6.07) is 10.7. The standard InChI is InChI=1S/C29H20F8O4/c1-14-2-4-19(21(30)6-14)18-9-22(31)26(23(32)10-18)38-11-15-12-39-28(40-13-15)16-3-5-20-17(7-16)8-24(33)27(25(20)34)41-29(35,36)37/h2-10,15,28H,11-13H2,1H3. The molecule has 0 atom stereocenters. The summed E-state index contributed by atoms with van der Waals surface area (Å²) in [5.41, 5.74) is 1.03. The number of hydrogen-bond donors (Lipinski definition) is 0. The molecule has 0 amide bonds. The van der Waals surface area contributed by atoms with Crippen molar-refractivity contribution in [3.8, 4) is 22.6 Å². The van der Waals surface area contributed by atoms with E-state index >= 15 is 0 Å². The summed E-state index contributed by atoms with van der Waals surface area (Å²) in [4.78, 5) is 0. The molecule has 1 fully saturated rings. The van der Waals surface area contributed by atoms with E-state index in [1.807, 2.05) is 0 Å². The van der Waals surface area contributed by atoms with Gasteiger partial charge in [0, 0.05) is 22.4 Å². The van der Waals surface area contributed by atoms with E-state index in [1.165, 1.54) is 24.3 Å². The van der Waals surface area contributed by atoms with Gasteiger partial charge in [-0.1, -0.05) is 24.3 Å². The molecule has 0 N–H and O–H groups in total. The Hall–Kier alpha value is -3.90. The number of aryl methyl sites for hydroxylation is 1. The molecule has 4 nitrogen and oxygen atoms in total. The van der Waals surface area contributed by atoms with Crippen molar-refractivity contribution in [2.24, 2.45) is 5.92 Å². The van der Waals surface area contributed by atoms with E-state index in [1.54, 1.807) is 13.0 Å². The SMILES string of the molecule is Cc1ccc(-c2cc(F)c(OCC3COC(c4ccc5c(F)c(OC(F)(F)F)c(F)cc5c4)OC3)c(F)c2)c(F)c1. The molecule has 12 heteroatoms. The van der Waals surface area contributed by atoms with Gasteiger partial charge in [0.25, 0.3) is 0 Å². The number of rotatable bonds is 6. The van der Waals surface area contributed by atoms with Gasteiger partial charge in [-0.2, -0.15) is 0 Å². The molecule has 0 bridgehead atoms. The molecule has 41 heavy (non-hydrogen) atoms. The number of ether oxygens (including phenoxy) is 4. The van der Waals surface area contributed by atoms with E-state index in [9.17, 15) is 35.1 Å². The Morgan fingerprint density at radius 3 is 2.07 bits per heavy atom. The van der Waals surface area contributed by atoms with Crippen molar-refractivity contribution in [1.82, 2.24) is 0 Å². The number of hydrogen-bond acceptors (Lipinski definition) is 4. The average molecular weight is 584 g/mol. The molecule has 4 aromatic rings. The largest absolute Gasteiger partial charge is 0.573 e. The molecule has 0 aliphatic carbocycles. The van der Waals surface area contributed by atoms with Crippen LogP contribution in [0.25, 0.3) is 21.9 Å². The van der Waals surface area contributed by atoms with Gasteiger partial charge in [-0.3, -0.25) is 0 Å². The highest BCUT2D eigenvalue weighted by molar-refractivity contribution is 5.85. The Kier molecular flexibility index (Phi) is 7.80. The van der Waals surface area contributed by atoms with Gasteiger partial charge in [-0.25, -0.2) is 22.0 Å². The van der Waals surface area contributed by atoms with Crippen LogP contribution in [0.15, 0.2) is 54.6 Å². The summed E-state index contributed by atoms with van der Waals surface area (Å²) >= 11 is 0. The molecule has 1 aliphatic rings. The van der Waals surface area contributed by atoms with E-state index in [2.05, 4.69) is 4.74 Å². The molecule has 1 aliphatic heterocycles. The highest BCUT2D eigenvalue weighted by atomic mass is 19.4. The van der Waals surface area contributed by atoms with Crippen LogP contribution in [0.5, 0.6) is 11.5 Å². The van der Waals surface area contributed by atoms with Crippen molar-refractivity contribution in [2.45, 2.75) is 19.6 Å². The third-order valence-electron chi connectivity index (χ3n) is 6.36. The van der Waals surface area contributed by atoms with Crippen LogP contribution in [-0.4, -0.2) is 26.2 Å². The molecule has 4 aromatic carbocycles. The number of alkyl halides is 3. The Balaban J connectivity index is 1.23. The Labute approximate surface area is 228 Å². The minimum absolute atomic E-state index is 0.0104. The predicted octanol–water partition coefficient (Wildman–Crippen LogP) is 8.15. The van der Waals surface area contributed by atoms with Gasteiger partial charge in [0.05, 0.1) is 19.8 Å². The lowest BCUT2D eigenvalue weighted by Gasteiger charge is -2.29. The molecular formula is C29H20F8O4. The maximum absolute atomic E-state index is 14.7. The van der Waals surface area contributed by atoms with Crippen LogP contribution in [0.3, 0.4) is 0 Å². The molecule has 0 radical (unpaired) electrons. The normalized spacial score (nSPS) is 17.6. The van der Waals surface area contributed by atoms with Crippen LogP contribution in [0.1, 0.15) is 17.4 Å². The predicted molar refractivity (Wildman–Crippen MR) is 131 cm³/mol. The number of fused-ring (bicyclic) bond motifs is 1. The van der Waals surface area contributed by atoms with E-state index in [4.69, 9.17) is 14.2 Å². The summed E-state index contributed by atoms with van der Waals surface area (Å²) < 4.78 is 130. The lowest BCUT2D eigenvalue weighted by Crippen LogP contribution is -2.31. The molecule has 216 valence electrons. The van der Waals surface area contributed by atoms with Crippen molar-refractivity contribution in [3.05, 3.63) is 94.8 Å². The first-order chi connectivity index (χ1) is 19.4. The second kappa shape index (κ2) is 11.2. The highest BCUT2D eigenvalue weighted by Gasteiger charge is 2.35. The molecule has 0 spiro atoms. The lowest BCUT2D eigenvalue weighted by atomic mass is 10.0. The summed E-state index contributed by atoms with van der Waals surface area (Å²) in [6.45, 7) is 1.56. The minimum atomic E-state index is -5.28. The first-order valence-electron chi connectivity index (χ1n) is 12.2. The van der Waals surface area contributed by atoms with Crippen molar-refractivity contribution in [1.29, 1.82) is 0 Å². The highest BCUT2D eigenvalue weighted by Crippen LogP contribution is 2.36. The molecule has 0 unspecified atom stereocenters. The van der Waals surface area contributed by atoms with Crippen LogP contribution in [0, 0.1) is 41.9 Å². The van der Waals surface area contributed by atoms with E-state index in [-0.39, 0.29) is 41.7 Å². The quantitative estimate of drug-likeness (QED) is 0.215. The van der Waals surface area contributed by atoms with Crippen LogP contribution in [-0.2, 0) is 9.47 Å². The fourth-order valence-corrected chi connectivity index (χ4v) is 4.43. The van der Waals surface area contributed by atoms with Crippen LogP contribution < -0.4 is 9.47 Å². The van der Waals surface area contributed by atoms with Crippen molar-refractivity contribution < 1.29 is 54.1 Å². The fourth-order valence-electron chi connectivity index (χ4n) is 4.43. The number of halogens is 8. The van der Waals surface area contributed by atoms with Crippen molar-refractivity contribution in [3.63, 3.8) is 0 Å². The zero-order chi connectivity index (χ0) is 29.5. The maximum Gasteiger partial charge on any atom is 0.573 e. The molecular weight excluding hydrogens is 564 g/mol. The Morgan fingerprint density at radius 1 is 0.780 bits per heavy atom. The molecule has 0 aromatic heterocycles. The number of benzene rings is 4. The van der Waals surface area contributed by atoms with Crippen molar-refractivity contribution in [2.75, 3.05) is 19.8 Å². The minimum Gasteiger partial charge on any atom is -0.487 e. The second-order valence-electron chi connectivity index (χ2n) is 9.46.